The Morgan fingerprint density at radius 3 is 1.67 bits per heavy atom. The minimum Gasteiger partial charge on any atom is -0.481 e. The summed E-state index contributed by atoms with van der Waals surface area (Å²) in [4.78, 5) is 27.0. The number of nitrogens with zero attached hydrogens (tertiary/aromatic N) is 1. The van der Waals surface area contributed by atoms with Crippen molar-refractivity contribution in [3.8, 4) is 0 Å². The number of aliphatic carboxylic acids is 1. The van der Waals surface area contributed by atoms with E-state index in [1.165, 1.54) is 4.90 Å². The Bertz CT molecular complexity index is 801. The molecule has 0 spiro atoms. The van der Waals surface area contributed by atoms with Crippen molar-refractivity contribution in [1.29, 1.82) is 0 Å². The van der Waals surface area contributed by atoms with Crippen molar-refractivity contribution in [2.24, 2.45) is 23.7 Å². The van der Waals surface area contributed by atoms with Gasteiger partial charge in [-0.1, -0.05) is 36.4 Å². The van der Waals surface area contributed by atoms with E-state index in [2.05, 4.69) is 0 Å². The van der Waals surface area contributed by atoms with Crippen LogP contribution in [0.15, 0.2) is 60.7 Å². The van der Waals surface area contributed by atoms with Crippen LogP contribution in [-0.4, -0.2) is 39.4 Å². The van der Waals surface area contributed by atoms with Gasteiger partial charge in [0, 0.05) is 23.2 Å². The number of carbonyl (C=O) groups excluding carboxylic acids is 1. The van der Waals surface area contributed by atoms with Gasteiger partial charge in [-0.2, -0.15) is 0 Å². The van der Waals surface area contributed by atoms with E-state index in [1.54, 1.807) is 24.3 Å². The molecule has 6 heteroatoms. The third-order valence-electron chi connectivity index (χ3n) is 5.90. The lowest BCUT2D eigenvalue weighted by Gasteiger charge is -2.36. The third kappa shape index (κ3) is 2.81. The molecular formula is C21H21NO5. The molecule has 3 N–H and O–H groups in total. The molecule has 2 aliphatic carbocycles. The second kappa shape index (κ2) is 6.79. The predicted molar refractivity (Wildman–Crippen MR) is 98.3 cm³/mol. The summed E-state index contributed by atoms with van der Waals surface area (Å²) < 4.78 is 0. The van der Waals surface area contributed by atoms with Gasteiger partial charge in [-0.05, 0) is 30.7 Å². The minimum absolute atomic E-state index is 0.340. The van der Waals surface area contributed by atoms with Gasteiger partial charge in [0.1, 0.15) is 0 Å². The van der Waals surface area contributed by atoms with Gasteiger partial charge in [0.2, 0.25) is 5.91 Å². The van der Waals surface area contributed by atoms with Crippen LogP contribution >= 0.6 is 0 Å². The molecule has 1 amide bonds. The van der Waals surface area contributed by atoms with Gasteiger partial charge in [0.25, 0.3) is 0 Å². The number of aliphatic hydroxyl groups excluding tert-OH is 2. The van der Waals surface area contributed by atoms with Crippen LogP contribution in [0.3, 0.4) is 0 Å². The number of aliphatic hydroxyl groups is 2. The topological polar surface area (TPSA) is 98.1 Å². The highest BCUT2D eigenvalue weighted by Gasteiger charge is 2.62. The molecule has 2 bridgehead atoms. The van der Waals surface area contributed by atoms with Crippen LogP contribution < -0.4 is 4.90 Å². The number of carboxylic acid groups (broad SMARTS) is 1. The number of carboxylic acids is 1. The zero-order valence-electron chi connectivity index (χ0n) is 14.6. The van der Waals surface area contributed by atoms with Gasteiger partial charge < -0.3 is 15.3 Å². The highest BCUT2D eigenvalue weighted by Crippen LogP contribution is 2.53. The Balaban J connectivity index is 1.77. The van der Waals surface area contributed by atoms with Crippen LogP contribution in [0.4, 0.5) is 11.4 Å². The first kappa shape index (κ1) is 17.7. The molecule has 0 aromatic heterocycles. The van der Waals surface area contributed by atoms with E-state index in [1.807, 2.05) is 36.4 Å². The largest absolute Gasteiger partial charge is 0.481 e. The summed E-state index contributed by atoms with van der Waals surface area (Å²) in [6.07, 6.45) is -1.83. The van der Waals surface area contributed by atoms with Crippen molar-refractivity contribution in [2.75, 3.05) is 4.90 Å². The molecule has 0 heterocycles. The van der Waals surface area contributed by atoms with Crippen molar-refractivity contribution >= 4 is 23.3 Å². The molecule has 2 aliphatic rings. The Labute approximate surface area is 156 Å². The minimum atomic E-state index is -1.10. The second-order valence-corrected chi connectivity index (χ2v) is 7.28. The number of anilines is 2. The lowest BCUT2D eigenvalue weighted by atomic mass is 9.75. The summed E-state index contributed by atoms with van der Waals surface area (Å²) in [5.41, 5.74) is 1.27. The quantitative estimate of drug-likeness (QED) is 0.768. The number of amides is 1. The average Bonchev–Trinajstić information content (AvgIpc) is 3.21. The maximum absolute atomic E-state index is 13.6. The van der Waals surface area contributed by atoms with Crippen LogP contribution in [0.5, 0.6) is 0 Å². The Kier molecular flexibility index (Phi) is 4.45. The number of hydrogen-bond acceptors (Lipinski definition) is 4. The summed E-state index contributed by atoms with van der Waals surface area (Å²) in [6.45, 7) is 0. The van der Waals surface area contributed by atoms with Gasteiger partial charge in [0.15, 0.2) is 0 Å². The van der Waals surface area contributed by atoms with E-state index in [0.717, 1.165) is 0 Å². The number of carbonyl (C=O) groups is 2. The number of hydrogen-bond donors (Lipinski definition) is 3. The van der Waals surface area contributed by atoms with E-state index in [9.17, 15) is 24.9 Å². The molecule has 27 heavy (non-hydrogen) atoms. The summed E-state index contributed by atoms with van der Waals surface area (Å²) in [5.74, 6) is -4.52. The summed E-state index contributed by atoms with van der Waals surface area (Å²) >= 11 is 0. The van der Waals surface area contributed by atoms with Gasteiger partial charge in [0.05, 0.1) is 24.0 Å². The molecule has 0 radical (unpaired) electrons. The Morgan fingerprint density at radius 1 is 0.778 bits per heavy atom. The van der Waals surface area contributed by atoms with E-state index < -0.39 is 41.8 Å². The van der Waals surface area contributed by atoms with Crippen LogP contribution in [0.1, 0.15) is 6.42 Å². The molecule has 2 aromatic carbocycles. The highest BCUT2D eigenvalue weighted by atomic mass is 16.4. The predicted octanol–water partition coefficient (Wildman–Crippen LogP) is 2.04. The molecular weight excluding hydrogens is 346 g/mol. The first-order valence-corrected chi connectivity index (χ1v) is 9.03. The van der Waals surface area contributed by atoms with Gasteiger partial charge in [-0.3, -0.25) is 14.5 Å². The lowest BCUT2D eigenvalue weighted by Crippen LogP contribution is -2.50. The first-order chi connectivity index (χ1) is 13.0. The molecule has 0 saturated heterocycles. The smallest absolute Gasteiger partial charge is 0.307 e. The van der Waals surface area contributed by atoms with Gasteiger partial charge >= 0.3 is 5.97 Å². The average molecular weight is 367 g/mol. The zero-order chi connectivity index (χ0) is 19.1. The maximum atomic E-state index is 13.6. The number of rotatable bonds is 4. The monoisotopic (exact) mass is 367 g/mol. The van der Waals surface area contributed by atoms with E-state index >= 15 is 0 Å². The number of benzene rings is 2. The Morgan fingerprint density at radius 2 is 1.22 bits per heavy atom. The Hall–Kier alpha value is -2.70. The van der Waals surface area contributed by atoms with Crippen LogP contribution in [0, 0.1) is 23.7 Å². The fourth-order valence-electron chi connectivity index (χ4n) is 4.73. The van der Waals surface area contributed by atoms with Crippen LogP contribution in [0.2, 0.25) is 0 Å². The molecule has 6 unspecified atom stereocenters. The molecule has 2 saturated carbocycles. The van der Waals surface area contributed by atoms with Crippen molar-refractivity contribution in [3.63, 3.8) is 0 Å². The van der Waals surface area contributed by atoms with Crippen LogP contribution in [0.25, 0.3) is 0 Å². The first-order valence-electron chi connectivity index (χ1n) is 9.03. The fourth-order valence-corrected chi connectivity index (χ4v) is 4.73. The van der Waals surface area contributed by atoms with Crippen LogP contribution in [-0.2, 0) is 9.59 Å². The molecule has 2 aromatic rings. The van der Waals surface area contributed by atoms with Crippen molar-refractivity contribution in [2.45, 2.75) is 18.6 Å². The molecule has 6 nitrogen and oxygen atoms in total. The highest BCUT2D eigenvalue weighted by molar-refractivity contribution is 6.03. The zero-order valence-corrected chi connectivity index (χ0v) is 14.6. The molecule has 140 valence electrons. The van der Waals surface area contributed by atoms with Crippen molar-refractivity contribution in [1.82, 2.24) is 0 Å². The second-order valence-electron chi connectivity index (χ2n) is 7.28. The fraction of sp³-hybridized carbons (Fsp3) is 0.333. The number of fused-ring (bicyclic) bond motifs is 2. The molecule has 4 rings (SSSR count). The summed E-state index contributed by atoms with van der Waals surface area (Å²) in [6, 6.07) is 18.1. The van der Waals surface area contributed by atoms with Crippen molar-refractivity contribution < 1.29 is 24.9 Å². The van der Waals surface area contributed by atoms with E-state index in [0.29, 0.717) is 17.8 Å². The molecule has 6 atom stereocenters. The molecule has 0 aliphatic heterocycles. The lowest BCUT2D eigenvalue weighted by molar-refractivity contribution is -0.155. The van der Waals surface area contributed by atoms with Crippen molar-refractivity contribution in [3.05, 3.63) is 60.7 Å². The van der Waals surface area contributed by atoms with E-state index in [4.69, 9.17) is 0 Å². The van der Waals surface area contributed by atoms with Gasteiger partial charge in [-0.25, -0.2) is 0 Å². The number of para-hydroxylation sites is 2. The standard InChI is InChI=1S/C21H21NO5/c23-18-14-11-15(19(18)24)17(21(26)27)16(14)20(25)22(12-7-3-1-4-8-12)13-9-5-2-6-10-13/h1-10,14-19,23-24H,11H2,(H,26,27). The summed E-state index contributed by atoms with van der Waals surface area (Å²) in [7, 11) is 0. The van der Waals surface area contributed by atoms with E-state index in [-0.39, 0.29) is 5.91 Å². The third-order valence-corrected chi connectivity index (χ3v) is 5.90. The van der Waals surface area contributed by atoms with Gasteiger partial charge in [-0.15, -0.1) is 0 Å². The summed E-state index contributed by atoms with van der Waals surface area (Å²) in [5, 5.41) is 30.2. The maximum Gasteiger partial charge on any atom is 0.307 e. The normalized spacial score (nSPS) is 31.6. The molecule has 2 fully saturated rings. The SMILES string of the molecule is O=C(O)C1C2CC(C(O)C2O)C1C(=O)N(c1ccccc1)c1ccccc1.